The van der Waals surface area contributed by atoms with E-state index in [-0.39, 0.29) is 11.1 Å². The van der Waals surface area contributed by atoms with Crippen LogP contribution in [0.1, 0.15) is 61.3 Å². The van der Waals surface area contributed by atoms with E-state index in [4.69, 9.17) is 4.74 Å². The molecule has 0 bridgehead atoms. The smallest absolute Gasteiger partial charge is 0.0512 e. The molecule has 0 spiro atoms. The topological polar surface area (TPSA) is 21.3 Å². The second-order valence-corrected chi connectivity index (χ2v) is 5.71. The summed E-state index contributed by atoms with van der Waals surface area (Å²) in [6, 6.07) is 0. The van der Waals surface area contributed by atoms with Crippen molar-refractivity contribution in [3.63, 3.8) is 0 Å². The van der Waals surface area contributed by atoms with E-state index in [2.05, 4.69) is 39.9 Å². The Morgan fingerprint density at radius 3 is 2.12 bits per heavy atom. The van der Waals surface area contributed by atoms with Gasteiger partial charge in [0.15, 0.2) is 0 Å². The molecule has 0 radical (unpaired) electrons. The molecule has 1 fully saturated rings. The molecule has 98 valence electrons. The van der Waals surface area contributed by atoms with Gasteiger partial charge in [0.1, 0.15) is 0 Å². The molecule has 2 heteroatoms. The Hall–Kier alpha value is -0.0800. The van der Waals surface area contributed by atoms with Gasteiger partial charge in [-0.15, -0.1) is 0 Å². The molecule has 1 N–H and O–H groups in total. The summed E-state index contributed by atoms with van der Waals surface area (Å²) in [5.74, 6) is 0.643. The highest BCUT2D eigenvalue weighted by Crippen LogP contribution is 2.35. The summed E-state index contributed by atoms with van der Waals surface area (Å²) in [6.45, 7) is 17.1. The third kappa shape index (κ3) is 4.84. The fourth-order valence-corrected chi connectivity index (χ4v) is 2.53. The van der Waals surface area contributed by atoms with Gasteiger partial charge in [-0.2, -0.15) is 0 Å². The fourth-order valence-electron chi connectivity index (χ4n) is 2.53. The molecule has 1 aliphatic heterocycles. The van der Waals surface area contributed by atoms with Crippen LogP contribution >= 0.6 is 0 Å². The highest BCUT2D eigenvalue weighted by atomic mass is 16.5. The van der Waals surface area contributed by atoms with Crippen molar-refractivity contribution in [2.24, 2.45) is 5.92 Å². The number of hydrogen-bond acceptors (Lipinski definition) is 2. The minimum Gasteiger partial charge on any atom is -0.381 e. The van der Waals surface area contributed by atoms with Gasteiger partial charge in [-0.3, -0.25) is 0 Å². The van der Waals surface area contributed by atoms with Gasteiger partial charge in [0.05, 0.1) is 6.61 Å². The Balaban J connectivity index is 0.00000106. The van der Waals surface area contributed by atoms with E-state index in [0.717, 1.165) is 19.6 Å². The zero-order chi connectivity index (χ0) is 12.8. The van der Waals surface area contributed by atoms with E-state index in [0.29, 0.717) is 5.92 Å². The van der Waals surface area contributed by atoms with Gasteiger partial charge in [-0.05, 0) is 40.5 Å². The summed E-state index contributed by atoms with van der Waals surface area (Å²) in [5.41, 5.74) is 0.487. The lowest BCUT2D eigenvalue weighted by Gasteiger charge is -2.28. The molecule has 0 aromatic heterocycles. The highest BCUT2D eigenvalue weighted by molar-refractivity contribution is 5.02. The van der Waals surface area contributed by atoms with Crippen molar-refractivity contribution < 1.29 is 4.74 Å². The summed E-state index contributed by atoms with van der Waals surface area (Å²) in [4.78, 5) is 0. The molecule has 1 unspecified atom stereocenters. The molecule has 0 aliphatic carbocycles. The molecule has 0 aromatic rings. The minimum atomic E-state index is 0.219. The third-order valence-corrected chi connectivity index (χ3v) is 3.11. The van der Waals surface area contributed by atoms with Gasteiger partial charge >= 0.3 is 0 Å². The first-order valence-corrected chi connectivity index (χ1v) is 6.74. The Morgan fingerprint density at radius 1 is 1.19 bits per heavy atom. The van der Waals surface area contributed by atoms with Crippen molar-refractivity contribution in [2.45, 2.75) is 72.4 Å². The quantitative estimate of drug-likeness (QED) is 0.744. The fraction of sp³-hybridized carbons (Fsp3) is 1.00. The van der Waals surface area contributed by atoms with E-state index >= 15 is 0 Å². The second-order valence-electron chi connectivity index (χ2n) is 5.71. The average Bonchev–Trinajstić information content (AvgIpc) is 2.38. The highest BCUT2D eigenvalue weighted by Gasteiger charge is 2.43. The molecular formula is C14H31NO. The maximum absolute atomic E-state index is 5.66. The molecular weight excluding hydrogens is 198 g/mol. The van der Waals surface area contributed by atoms with Crippen LogP contribution in [0.5, 0.6) is 0 Å². The van der Waals surface area contributed by atoms with E-state index < -0.39 is 0 Å². The van der Waals surface area contributed by atoms with Crippen molar-refractivity contribution in [3.05, 3.63) is 0 Å². The van der Waals surface area contributed by atoms with Crippen molar-refractivity contribution >= 4 is 0 Å². The van der Waals surface area contributed by atoms with Crippen LogP contribution in [0.2, 0.25) is 0 Å². The Labute approximate surface area is 102 Å². The van der Waals surface area contributed by atoms with Crippen LogP contribution < -0.4 is 5.32 Å². The summed E-state index contributed by atoms with van der Waals surface area (Å²) in [5, 5.41) is 3.67. The van der Waals surface area contributed by atoms with Crippen LogP contribution in [0, 0.1) is 5.92 Å². The van der Waals surface area contributed by atoms with Crippen LogP contribution in [0.25, 0.3) is 0 Å². The summed E-state index contributed by atoms with van der Waals surface area (Å²) < 4.78 is 5.66. The monoisotopic (exact) mass is 229 g/mol. The molecule has 0 aromatic carbocycles. The second kappa shape index (κ2) is 6.61. The maximum Gasteiger partial charge on any atom is 0.0512 e. The van der Waals surface area contributed by atoms with Crippen LogP contribution in [0.4, 0.5) is 0 Å². The van der Waals surface area contributed by atoms with Crippen LogP contribution in [0.3, 0.4) is 0 Å². The molecule has 0 amide bonds. The van der Waals surface area contributed by atoms with Crippen molar-refractivity contribution in [2.75, 3.05) is 13.2 Å². The number of ether oxygens (including phenoxy) is 1. The molecule has 0 saturated carbocycles. The lowest BCUT2D eigenvalue weighted by Crippen LogP contribution is -2.45. The molecule has 1 atom stereocenters. The van der Waals surface area contributed by atoms with Gasteiger partial charge in [0, 0.05) is 23.6 Å². The largest absolute Gasteiger partial charge is 0.381 e. The summed E-state index contributed by atoms with van der Waals surface area (Å²) in [7, 11) is 0. The number of nitrogens with one attached hydrogen (secondary N) is 1. The van der Waals surface area contributed by atoms with Crippen molar-refractivity contribution in [1.82, 2.24) is 5.32 Å². The number of hydrogen-bond donors (Lipinski definition) is 1. The SMILES string of the molecule is CC.CCCOCC1CC(C)(C)NC1(C)C. The molecule has 1 heterocycles. The molecule has 16 heavy (non-hydrogen) atoms. The van der Waals surface area contributed by atoms with Crippen molar-refractivity contribution in [3.8, 4) is 0 Å². The normalized spacial score (nSPS) is 26.1. The lowest BCUT2D eigenvalue weighted by molar-refractivity contribution is 0.0811. The third-order valence-electron chi connectivity index (χ3n) is 3.11. The van der Waals surface area contributed by atoms with E-state index in [1.165, 1.54) is 6.42 Å². The average molecular weight is 229 g/mol. The predicted molar refractivity (Wildman–Crippen MR) is 71.9 cm³/mol. The Morgan fingerprint density at radius 2 is 1.75 bits per heavy atom. The van der Waals surface area contributed by atoms with Gasteiger partial charge in [0.25, 0.3) is 0 Å². The van der Waals surface area contributed by atoms with Crippen molar-refractivity contribution in [1.29, 1.82) is 0 Å². The molecule has 1 rings (SSSR count). The van der Waals surface area contributed by atoms with E-state index in [1.54, 1.807) is 0 Å². The van der Waals surface area contributed by atoms with Gasteiger partial charge in [-0.1, -0.05) is 20.8 Å². The molecule has 1 aliphatic rings. The number of rotatable bonds is 4. The Kier molecular flexibility index (Phi) is 6.57. The first kappa shape index (κ1) is 15.9. The first-order valence-electron chi connectivity index (χ1n) is 6.74. The minimum absolute atomic E-state index is 0.219. The standard InChI is InChI=1S/C12H25NO.C2H6/c1-6-7-14-9-10-8-11(2,3)13-12(10,4)5;1-2/h10,13H,6-9H2,1-5H3;1-2H3. The Bertz CT molecular complexity index is 187. The summed E-state index contributed by atoms with van der Waals surface area (Å²) in [6.07, 6.45) is 2.33. The van der Waals surface area contributed by atoms with E-state index in [9.17, 15) is 0 Å². The van der Waals surface area contributed by atoms with Gasteiger partial charge in [0.2, 0.25) is 0 Å². The molecule has 1 saturated heterocycles. The zero-order valence-electron chi connectivity index (χ0n) is 12.3. The predicted octanol–water partition coefficient (Wildman–Crippen LogP) is 3.61. The summed E-state index contributed by atoms with van der Waals surface area (Å²) >= 11 is 0. The van der Waals surface area contributed by atoms with Crippen LogP contribution in [-0.4, -0.2) is 24.3 Å². The molecule has 2 nitrogen and oxygen atoms in total. The maximum atomic E-state index is 5.66. The lowest BCUT2D eigenvalue weighted by atomic mass is 9.88. The van der Waals surface area contributed by atoms with Gasteiger partial charge in [-0.25, -0.2) is 0 Å². The van der Waals surface area contributed by atoms with Crippen LogP contribution in [0.15, 0.2) is 0 Å². The van der Waals surface area contributed by atoms with E-state index in [1.807, 2.05) is 13.8 Å². The van der Waals surface area contributed by atoms with Gasteiger partial charge < -0.3 is 10.1 Å². The first-order chi connectivity index (χ1) is 7.37. The zero-order valence-corrected chi connectivity index (χ0v) is 12.3. The van der Waals surface area contributed by atoms with Crippen LogP contribution in [-0.2, 0) is 4.74 Å².